The number of ether oxygens (including phenoxy) is 2. The van der Waals surface area contributed by atoms with Gasteiger partial charge in [-0.2, -0.15) is 0 Å². The average Bonchev–Trinajstić information content (AvgIpc) is 3.31. The molecule has 1 fully saturated rings. The van der Waals surface area contributed by atoms with E-state index in [2.05, 4.69) is 15.3 Å². The van der Waals surface area contributed by atoms with Crippen molar-refractivity contribution in [3.05, 3.63) is 23.5 Å². The second-order valence-corrected chi connectivity index (χ2v) is 10.1. The number of benzene rings is 1. The lowest BCUT2D eigenvalue weighted by Gasteiger charge is -2.34. The number of nitrogen functional groups attached to an aromatic ring is 1. The highest BCUT2D eigenvalue weighted by atomic mass is 35.5. The van der Waals surface area contributed by atoms with Crippen LogP contribution in [-0.4, -0.2) is 74.9 Å². The molecule has 14 heteroatoms. The molecule has 0 saturated carbocycles. The minimum Gasteiger partial charge on any atom is -0.497 e. The van der Waals surface area contributed by atoms with Gasteiger partial charge in [0.1, 0.15) is 17.5 Å². The Morgan fingerprint density at radius 2 is 2.11 bits per heavy atom. The van der Waals surface area contributed by atoms with Gasteiger partial charge in [-0.25, -0.2) is 19.7 Å². The van der Waals surface area contributed by atoms with Crippen LogP contribution in [0.2, 0.25) is 5.02 Å². The highest BCUT2D eigenvalue weighted by molar-refractivity contribution is 7.99. The molecule has 0 spiro atoms. The number of carbonyl (C=O) groups excluding carboxylic acids is 1. The third kappa shape index (κ3) is 5.93. The minimum atomic E-state index is -1.22. The normalized spacial score (nSPS) is 16.4. The zero-order valence-electron chi connectivity index (χ0n) is 20.6. The molecule has 3 heterocycles. The summed E-state index contributed by atoms with van der Waals surface area (Å²) in [5.74, 6) is 1.77. The lowest BCUT2D eigenvalue weighted by molar-refractivity contribution is -0.134. The van der Waals surface area contributed by atoms with Gasteiger partial charge < -0.3 is 35.1 Å². The van der Waals surface area contributed by atoms with Gasteiger partial charge in [-0.1, -0.05) is 11.6 Å². The van der Waals surface area contributed by atoms with Crippen molar-refractivity contribution in [3.63, 3.8) is 0 Å². The van der Waals surface area contributed by atoms with Gasteiger partial charge in [-0.15, -0.1) is 0 Å². The number of aromatic nitrogens is 4. The van der Waals surface area contributed by atoms with Gasteiger partial charge >= 0.3 is 6.09 Å². The zero-order chi connectivity index (χ0) is 26.7. The molecule has 2 atom stereocenters. The number of rotatable bonds is 8. The van der Waals surface area contributed by atoms with Crippen LogP contribution in [0.5, 0.6) is 11.5 Å². The van der Waals surface area contributed by atoms with Crippen molar-refractivity contribution in [2.75, 3.05) is 33.0 Å². The second kappa shape index (κ2) is 11.3. The Labute approximate surface area is 222 Å². The lowest BCUT2D eigenvalue weighted by Crippen LogP contribution is -2.50. The van der Waals surface area contributed by atoms with Crippen molar-refractivity contribution in [2.45, 2.75) is 42.4 Å². The van der Waals surface area contributed by atoms with Crippen LogP contribution in [0.3, 0.4) is 0 Å². The van der Waals surface area contributed by atoms with Crippen molar-refractivity contribution in [1.82, 2.24) is 29.7 Å². The number of likely N-dealkylation sites (tertiary alicyclic amines) is 1. The molecule has 1 aromatic rings. The second-order valence-electron chi connectivity index (χ2n) is 8.67. The number of fused-ring (bicyclic) bond motifs is 1. The fraction of sp³-hybridized carbons (Fsp3) is 0.435. The predicted octanol–water partition coefficient (Wildman–Crippen LogP) is 3.08. The Kier molecular flexibility index (Phi) is 8.13. The maximum atomic E-state index is 12.7. The Hall–Kier alpha value is -3.45. The molecule has 0 bridgehead atoms. The fourth-order valence-corrected chi connectivity index (χ4v) is 5.45. The monoisotopic (exact) mass is 549 g/mol. The number of methoxy groups -OCH3 is 2. The minimum absolute atomic E-state index is 0.123. The molecule has 0 aliphatic carbocycles. The molecule has 37 heavy (non-hydrogen) atoms. The summed E-state index contributed by atoms with van der Waals surface area (Å²) in [6, 6.07) is 2.66. The number of hydrogen-bond acceptors (Lipinski definition) is 9. The summed E-state index contributed by atoms with van der Waals surface area (Å²) in [5.41, 5.74) is 6.58. The number of piperidine rings is 1. The SMILES string of the molecule is COc1cc(OC)c(Cl)c(Sc2nc3c(N)ncn(CC4CCCN(C(=O)[C@H](C)NC(=O)O)C4)c-3n2)c1. The summed E-state index contributed by atoms with van der Waals surface area (Å²) in [4.78, 5) is 39.5. The molecule has 4 N–H and O–H groups in total. The third-order valence-corrected chi connectivity index (χ3v) is 7.51. The molecule has 0 aromatic heterocycles. The van der Waals surface area contributed by atoms with Crippen LogP contribution in [-0.2, 0) is 11.3 Å². The van der Waals surface area contributed by atoms with Crippen LogP contribution in [0.4, 0.5) is 10.6 Å². The fourth-order valence-electron chi connectivity index (χ4n) is 4.31. The number of hydrogen-bond donors (Lipinski definition) is 3. The Morgan fingerprint density at radius 3 is 2.81 bits per heavy atom. The van der Waals surface area contributed by atoms with E-state index in [9.17, 15) is 9.59 Å². The smallest absolute Gasteiger partial charge is 0.405 e. The molecular weight excluding hydrogens is 522 g/mol. The molecule has 3 aliphatic rings. The summed E-state index contributed by atoms with van der Waals surface area (Å²) < 4.78 is 12.6. The van der Waals surface area contributed by atoms with E-state index in [1.54, 1.807) is 37.4 Å². The van der Waals surface area contributed by atoms with Crippen LogP contribution in [0.1, 0.15) is 19.8 Å². The molecule has 2 amide bonds. The van der Waals surface area contributed by atoms with Crippen molar-refractivity contribution < 1.29 is 24.2 Å². The summed E-state index contributed by atoms with van der Waals surface area (Å²) in [6.45, 7) is 3.18. The number of amides is 2. The molecule has 4 rings (SSSR count). The zero-order valence-corrected chi connectivity index (χ0v) is 22.2. The van der Waals surface area contributed by atoms with Gasteiger partial charge in [0, 0.05) is 30.6 Å². The molecule has 3 aliphatic heterocycles. The number of halogens is 1. The molecule has 198 valence electrons. The quantitative estimate of drug-likeness (QED) is 0.381. The highest BCUT2D eigenvalue weighted by Crippen LogP contribution is 2.42. The Balaban J connectivity index is 1.55. The van der Waals surface area contributed by atoms with Crippen LogP contribution < -0.4 is 20.5 Å². The standard InChI is InChI=1S/C23H28ClN7O5S/c1-12(27-23(33)34)21(32)30-6-4-5-13(9-30)10-31-11-26-19(25)18-20(31)29-22(28-18)37-16-8-14(35-2)7-15(36-3)17(16)24/h7-8,11-13,27H,4-6,9-10,25H2,1-3H3,(H,33,34)/t12-,13?/m0/s1. The van der Waals surface area contributed by atoms with Crippen molar-refractivity contribution in [3.8, 4) is 23.0 Å². The van der Waals surface area contributed by atoms with Crippen LogP contribution in [0, 0.1) is 5.92 Å². The largest absolute Gasteiger partial charge is 0.497 e. The summed E-state index contributed by atoms with van der Waals surface area (Å²) >= 11 is 7.75. The van der Waals surface area contributed by atoms with E-state index in [1.807, 2.05) is 4.57 Å². The molecule has 0 radical (unpaired) electrons. The first kappa shape index (κ1) is 26.6. The van der Waals surface area contributed by atoms with E-state index in [4.69, 9.17) is 36.9 Å². The van der Waals surface area contributed by atoms with Crippen LogP contribution in [0.25, 0.3) is 11.5 Å². The number of anilines is 1. The van der Waals surface area contributed by atoms with Crippen LogP contribution in [0.15, 0.2) is 28.5 Å². The molecular formula is C23H28ClN7O5S. The predicted molar refractivity (Wildman–Crippen MR) is 137 cm³/mol. The van der Waals surface area contributed by atoms with Crippen molar-refractivity contribution in [2.24, 2.45) is 5.92 Å². The number of carboxylic acid groups (broad SMARTS) is 1. The molecule has 12 nitrogen and oxygen atoms in total. The number of imidazole rings is 1. The molecule has 1 saturated heterocycles. The maximum Gasteiger partial charge on any atom is 0.405 e. The van der Waals surface area contributed by atoms with Gasteiger partial charge in [0.15, 0.2) is 22.5 Å². The average molecular weight is 550 g/mol. The van der Waals surface area contributed by atoms with E-state index in [1.165, 1.54) is 18.9 Å². The van der Waals surface area contributed by atoms with Gasteiger partial charge in [0.25, 0.3) is 0 Å². The van der Waals surface area contributed by atoms with Crippen molar-refractivity contribution in [1.29, 1.82) is 0 Å². The number of nitrogens with zero attached hydrogens (tertiary/aromatic N) is 5. The first-order valence-electron chi connectivity index (χ1n) is 11.6. The molecule has 1 aromatic carbocycles. The Bertz CT molecular complexity index is 1270. The van der Waals surface area contributed by atoms with E-state index in [0.717, 1.165) is 12.8 Å². The van der Waals surface area contributed by atoms with Gasteiger partial charge in [-0.05, 0) is 43.5 Å². The van der Waals surface area contributed by atoms with E-state index >= 15 is 0 Å². The van der Waals surface area contributed by atoms with Crippen molar-refractivity contribution >= 4 is 41.2 Å². The summed E-state index contributed by atoms with van der Waals surface area (Å²) in [5, 5.41) is 12.0. The maximum absolute atomic E-state index is 12.7. The van der Waals surface area contributed by atoms with Gasteiger partial charge in [0.2, 0.25) is 5.91 Å². The number of carbonyl (C=O) groups is 2. The Morgan fingerprint density at radius 1 is 1.32 bits per heavy atom. The van der Waals surface area contributed by atoms with Gasteiger partial charge in [0.05, 0.1) is 25.6 Å². The third-order valence-electron chi connectivity index (χ3n) is 6.10. The first-order chi connectivity index (χ1) is 17.7. The topological polar surface area (TPSA) is 158 Å². The van der Waals surface area contributed by atoms with Gasteiger partial charge in [-0.3, -0.25) is 4.79 Å². The van der Waals surface area contributed by atoms with E-state index in [-0.39, 0.29) is 17.6 Å². The van der Waals surface area contributed by atoms with E-state index in [0.29, 0.717) is 57.7 Å². The lowest BCUT2D eigenvalue weighted by atomic mass is 9.97. The van der Waals surface area contributed by atoms with Crippen LogP contribution >= 0.6 is 23.4 Å². The summed E-state index contributed by atoms with van der Waals surface area (Å²) in [7, 11) is 3.09. The summed E-state index contributed by atoms with van der Waals surface area (Å²) in [6.07, 6.45) is 2.11. The highest BCUT2D eigenvalue weighted by Gasteiger charge is 2.29. The molecule has 1 unspecified atom stereocenters. The first-order valence-corrected chi connectivity index (χ1v) is 12.8. The van der Waals surface area contributed by atoms with E-state index < -0.39 is 12.1 Å². The number of nitrogens with one attached hydrogen (secondary N) is 1. The number of nitrogens with two attached hydrogens (primary N) is 1.